The minimum atomic E-state index is -0.556. The van der Waals surface area contributed by atoms with E-state index in [1.165, 1.54) is 23.8 Å². The van der Waals surface area contributed by atoms with E-state index in [9.17, 15) is 14.9 Å². The minimum absolute atomic E-state index is 0.0485. The van der Waals surface area contributed by atoms with Crippen LogP contribution in [0.2, 0.25) is 0 Å². The van der Waals surface area contributed by atoms with Crippen molar-refractivity contribution in [3.63, 3.8) is 0 Å². The van der Waals surface area contributed by atoms with Crippen LogP contribution in [-0.2, 0) is 11.2 Å². The van der Waals surface area contributed by atoms with Crippen LogP contribution in [0.15, 0.2) is 59.7 Å². The number of aryl methyl sites for hydroxylation is 1. The SMILES string of the molecule is C/C(CCc1ccccc1)=N/NC(=O)COc1ccccc1[N+](=O)[O-]. The molecule has 1 amide bonds. The molecule has 7 nitrogen and oxygen atoms in total. The first-order valence-electron chi connectivity index (χ1n) is 7.78. The van der Waals surface area contributed by atoms with E-state index in [0.717, 1.165) is 18.6 Å². The van der Waals surface area contributed by atoms with Crippen LogP contribution in [0.1, 0.15) is 18.9 Å². The number of benzene rings is 2. The van der Waals surface area contributed by atoms with E-state index in [1.54, 1.807) is 6.07 Å². The predicted molar refractivity (Wildman–Crippen MR) is 94.6 cm³/mol. The molecule has 2 aromatic rings. The van der Waals surface area contributed by atoms with Gasteiger partial charge in [-0.25, -0.2) is 5.43 Å². The lowest BCUT2D eigenvalue weighted by Gasteiger charge is -2.06. The largest absolute Gasteiger partial charge is 0.477 e. The molecule has 0 aromatic heterocycles. The highest BCUT2D eigenvalue weighted by molar-refractivity contribution is 5.85. The third-order valence-corrected chi connectivity index (χ3v) is 3.41. The maximum atomic E-state index is 11.8. The van der Waals surface area contributed by atoms with Crippen LogP contribution >= 0.6 is 0 Å². The van der Waals surface area contributed by atoms with E-state index in [2.05, 4.69) is 10.5 Å². The minimum Gasteiger partial charge on any atom is -0.477 e. The number of hydrazone groups is 1. The van der Waals surface area contributed by atoms with Crippen molar-refractivity contribution < 1.29 is 14.5 Å². The van der Waals surface area contributed by atoms with Gasteiger partial charge in [0.15, 0.2) is 12.4 Å². The Bertz CT molecular complexity index is 760. The molecule has 0 heterocycles. The molecule has 0 spiro atoms. The number of ether oxygens (including phenoxy) is 1. The zero-order valence-corrected chi connectivity index (χ0v) is 13.8. The monoisotopic (exact) mass is 341 g/mol. The Morgan fingerprint density at radius 3 is 2.56 bits per heavy atom. The molecule has 0 saturated carbocycles. The number of nitrogens with zero attached hydrogens (tertiary/aromatic N) is 2. The Hall–Kier alpha value is -3.22. The van der Waals surface area contributed by atoms with Crippen LogP contribution in [0.4, 0.5) is 5.69 Å². The zero-order valence-electron chi connectivity index (χ0n) is 13.8. The number of hydrogen-bond acceptors (Lipinski definition) is 5. The van der Waals surface area contributed by atoms with Crippen LogP contribution in [0.5, 0.6) is 5.75 Å². The van der Waals surface area contributed by atoms with E-state index in [1.807, 2.05) is 37.3 Å². The molecule has 0 radical (unpaired) electrons. The zero-order chi connectivity index (χ0) is 18.1. The number of carbonyl (C=O) groups is 1. The fourth-order valence-corrected chi connectivity index (χ4v) is 2.09. The lowest BCUT2D eigenvalue weighted by Crippen LogP contribution is -2.25. The van der Waals surface area contributed by atoms with Crippen LogP contribution < -0.4 is 10.2 Å². The number of nitrogens with one attached hydrogen (secondary N) is 1. The van der Waals surface area contributed by atoms with Gasteiger partial charge in [0.2, 0.25) is 0 Å². The molecule has 0 aliphatic carbocycles. The summed E-state index contributed by atoms with van der Waals surface area (Å²) in [7, 11) is 0. The van der Waals surface area contributed by atoms with Gasteiger partial charge in [-0.3, -0.25) is 14.9 Å². The summed E-state index contributed by atoms with van der Waals surface area (Å²) in [5, 5.41) is 14.9. The number of carbonyl (C=O) groups excluding carboxylic acids is 1. The second-order valence-corrected chi connectivity index (χ2v) is 5.38. The van der Waals surface area contributed by atoms with Crippen molar-refractivity contribution in [3.05, 3.63) is 70.3 Å². The van der Waals surface area contributed by atoms with Crippen molar-refractivity contribution in [3.8, 4) is 5.75 Å². The number of nitro benzene ring substituents is 1. The standard InChI is InChI=1S/C18H19N3O4/c1-14(11-12-15-7-3-2-4-8-15)19-20-18(22)13-25-17-10-6-5-9-16(17)21(23)24/h2-10H,11-13H2,1H3,(H,20,22)/b19-14-. The van der Waals surface area contributed by atoms with E-state index in [0.29, 0.717) is 0 Å². The third-order valence-electron chi connectivity index (χ3n) is 3.41. The van der Waals surface area contributed by atoms with Gasteiger partial charge in [-0.2, -0.15) is 5.10 Å². The summed E-state index contributed by atoms with van der Waals surface area (Å²) in [6, 6.07) is 15.9. The highest BCUT2D eigenvalue weighted by Crippen LogP contribution is 2.25. The molecular formula is C18H19N3O4. The summed E-state index contributed by atoms with van der Waals surface area (Å²) in [4.78, 5) is 22.1. The lowest BCUT2D eigenvalue weighted by atomic mass is 10.1. The molecule has 0 fully saturated rings. The molecule has 7 heteroatoms. The van der Waals surface area contributed by atoms with E-state index in [-0.39, 0.29) is 18.0 Å². The van der Waals surface area contributed by atoms with Crippen LogP contribution in [0.3, 0.4) is 0 Å². The first-order chi connectivity index (χ1) is 12.1. The molecule has 0 bridgehead atoms. The molecule has 25 heavy (non-hydrogen) atoms. The fraction of sp³-hybridized carbons (Fsp3) is 0.222. The van der Waals surface area contributed by atoms with Gasteiger partial charge in [0.05, 0.1) is 4.92 Å². The van der Waals surface area contributed by atoms with Gasteiger partial charge in [0, 0.05) is 11.8 Å². The second kappa shape index (κ2) is 9.17. The molecule has 0 atom stereocenters. The Morgan fingerprint density at radius 1 is 1.16 bits per heavy atom. The quantitative estimate of drug-likeness (QED) is 0.453. The van der Waals surface area contributed by atoms with Crippen molar-refractivity contribution >= 4 is 17.3 Å². The Kier molecular flexibility index (Phi) is 6.65. The van der Waals surface area contributed by atoms with Crippen molar-refractivity contribution in [2.45, 2.75) is 19.8 Å². The highest BCUT2D eigenvalue weighted by Gasteiger charge is 2.14. The topological polar surface area (TPSA) is 93.8 Å². The maximum Gasteiger partial charge on any atom is 0.310 e. The summed E-state index contributed by atoms with van der Waals surface area (Å²) < 4.78 is 5.20. The van der Waals surface area contributed by atoms with E-state index in [4.69, 9.17) is 4.74 Å². The average Bonchev–Trinajstić information content (AvgIpc) is 2.64. The Balaban J connectivity index is 1.79. The first kappa shape index (κ1) is 18.1. The molecule has 0 unspecified atom stereocenters. The number of rotatable bonds is 8. The fourth-order valence-electron chi connectivity index (χ4n) is 2.09. The van der Waals surface area contributed by atoms with Gasteiger partial charge < -0.3 is 4.74 Å². The number of para-hydroxylation sites is 2. The molecular weight excluding hydrogens is 322 g/mol. The van der Waals surface area contributed by atoms with Gasteiger partial charge in [-0.15, -0.1) is 0 Å². The van der Waals surface area contributed by atoms with Crippen LogP contribution in [-0.4, -0.2) is 23.1 Å². The molecule has 0 saturated heterocycles. The van der Waals surface area contributed by atoms with Crippen molar-refractivity contribution in [1.82, 2.24) is 5.43 Å². The number of hydrogen-bond donors (Lipinski definition) is 1. The molecule has 0 aliphatic heterocycles. The summed E-state index contributed by atoms with van der Waals surface area (Å²) in [6.07, 6.45) is 1.55. The third kappa shape index (κ3) is 6.06. The van der Waals surface area contributed by atoms with E-state index < -0.39 is 10.8 Å². The first-order valence-corrected chi connectivity index (χ1v) is 7.78. The summed E-state index contributed by atoms with van der Waals surface area (Å²) in [5.41, 5.74) is 4.19. The highest BCUT2D eigenvalue weighted by atomic mass is 16.6. The van der Waals surface area contributed by atoms with Gasteiger partial charge in [0.1, 0.15) is 0 Å². The Morgan fingerprint density at radius 2 is 1.84 bits per heavy atom. The maximum absolute atomic E-state index is 11.8. The molecule has 1 N–H and O–H groups in total. The van der Waals surface area contributed by atoms with E-state index >= 15 is 0 Å². The predicted octanol–water partition coefficient (Wildman–Crippen LogP) is 3.10. The lowest BCUT2D eigenvalue weighted by molar-refractivity contribution is -0.385. The number of amides is 1. The normalized spacial score (nSPS) is 11.0. The second-order valence-electron chi connectivity index (χ2n) is 5.38. The summed E-state index contributed by atoms with van der Waals surface area (Å²) >= 11 is 0. The smallest absolute Gasteiger partial charge is 0.310 e. The molecule has 0 aliphatic rings. The van der Waals surface area contributed by atoms with Crippen LogP contribution in [0.25, 0.3) is 0 Å². The van der Waals surface area contributed by atoms with Crippen LogP contribution in [0, 0.1) is 10.1 Å². The summed E-state index contributed by atoms with van der Waals surface area (Å²) in [6.45, 7) is 1.48. The molecule has 130 valence electrons. The van der Waals surface area contributed by atoms with Crippen molar-refractivity contribution in [2.75, 3.05) is 6.61 Å². The Labute approximate surface area is 145 Å². The van der Waals surface area contributed by atoms with Gasteiger partial charge in [-0.05, 0) is 31.4 Å². The van der Waals surface area contributed by atoms with Crippen molar-refractivity contribution in [2.24, 2.45) is 5.10 Å². The van der Waals surface area contributed by atoms with Gasteiger partial charge >= 0.3 is 5.69 Å². The van der Waals surface area contributed by atoms with Gasteiger partial charge in [0.25, 0.3) is 5.91 Å². The number of nitro groups is 1. The molecule has 2 aromatic carbocycles. The van der Waals surface area contributed by atoms with Gasteiger partial charge in [-0.1, -0.05) is 42.5 Å². The molecule has 2 rings (SSSR count). The summed E-state index contributed by atoms with van der Waals surface area (Å²) in [5.74, 6) is -0.426. The average molecular weight is 341 g/mol. The van der Waals surface area contributed by atoms with Crippen molar-refractivity contribution in [1.29, 1.82) is 0 Å².